The number of non-ortho nitro benzene ring substituents is 1. The quantitative estimate of drug-likeness (QED) is 0.264. The van der Waals surface area contributed by atoms with Crippen molar-refractivity contribution in [2.75, 3.05) is 0 Å². The molecule has 0 saturated heterocycles. The fraction of sp³-hybridized carbons (Fsp3) is 0. The molecule has 4 rings (SSSR count). The third-order valence-electron chi connectivity index (χ3n) is 4.30. The number of hydrogen-bond acceptors (Lipinski definition) is 2. The van der Waals surface area contributed by atoms with Gasteiger partial charge in [0.1, 0.15) is 0 Å². The molecular formula is C20H10Cl3NO2. The minimum Gasteiger partial charge on any atom is -0.258 e. The molecule has 3 aromatic rings. The van der Waals surface area contributed by atoms with Crippen molar-refractivity contribution < 1.29 is 4.92 Å². The van der Waals surface area contributed by atoms with E-state index in [-0.39, 0.29) is 5.69 Å². The van der Waals surface area contributed by atoms with Crippen LogP contribution in [0.1, 0.15) is 16.7 Å². The Hall–Kier alpha value is -2.33. The number of hydrogen-bond donors (Lipinski definition) is 0. The van der Waals surface area contributed by atoms with Gasteiger partial charge in [-0.1, -0.05) is 40.9 Å². The Morgan fingerprint density at radius 3 is 2.19 bits per heavy atom. The van der Waals surface area contributed by atoms with Crippen LogP contribution >= 0.6 is 34.8 Å². The molecule has 0 fully saturated rings. The summed E-state index contributed by atoms with van der Waals surface area (Å²) in [5.41, 5.74) is 5.58. The van der Waals surface area contributed by atoms with Crippen LogP contribution in [-0.2, 0) is 0 Å². The van der Waals surface area contributed by atoms with Crippen molar-refractivity contribution in [2.45, 2.75) is 0 Å². The molecule has 0 unspecified atom stereocenters. The summed E-state index contributed by atoms with van der Waals surface area (Å²) in [6.07, 6.45) is 1.96. The van der Waals surface area contributed by atoms with E-state index in [1.54, 1.807) is 18.2 Å². The van der Waals surface area contributed by atoms with E-state index in [2.05, 4.69) is 0 Å². The average Bonchev–Trinajstić information content (AvgIpc) is 2.89. The van der Waals surface area contributed by atoms with Crippen LogP contribution in [0.25, 0.3) is 22.8 Å². The Balaban J connectivity index is 1.94. The molecule has 0 radical (unpaired) electrons. The third kappa shape index (κ3) is 2.88. The van der Waals surface area contributed by atoms with Crippen molar-refractivity contribution in [3.05, 3.63) is 96.5 Å². The van der Waals surface area contributed by atoms with Crippen LogP contribution in [-0.4, -0.2) is 4.92 Å². The van der Waals surface area contributed by atoms with E-state index in [9.17, 15) is 10.1 Å². The lowest BCUT2D eigenvalue weighted by atomic mass is 10.0. The first-order valence-corrected chi connectivity index (χ1v) is 8.83. The predicted octanol–water partition coefficient (Wildman–Crippen LogP) is 7.12. The van der Waals surface area contributed by atoms with Crippen LogP contribution in [0.2, 0.25) is 15.1 Å². The third-order valence-corrected chi connectivity index (χ3v) is 5.05. The van der Waals surface area contributed by atoms with Gasteiger partial charge in [0.25, 0.3) is 5.69 Å². The Labute approximate surface area is 164 Å². The van der Waals surface area contributed by atoms with E-state index in [1.165, 1.54) is 12.1 Å². The van der Waals surface area contributed by atoms with Crippen molar-refractivity contribution in [3.63, 3.8) is 0 Å². The second kappa shape index (κ2) is 6.44. The number of rotatable bonds is 2. The van der Waals surface area contributed by atoms with Gasteiger partial charge in [-0.2, -0.15) is 0 Å². The number of fused-ring (bicyclic) bond motifs is 3. The molecule has 0 bridgehead atoms. The van der Waals surface area contributed by atoms with Gasteiger partial charge >= 0.3 is 0 Å². The molecule has 0 aliphatic heterocycles. The molecule has 3 nitrogen and oxygen atoms in total. The average molecular weight is 403 g/mol. The van der Waals surface area contributed by atoms with Gasteiger partial charge in [-0.05, 0) is 70.3 Å². The maximum atomic E-state index is 10.8. The predicted molar refractivity (Wildman–Crippen MR) is 107 cm³/mol. The number of nitro groups is 1. The van der Waals surface area contributed by atoms with E-state index in [0.717, 1.165) is 33.4 Å². The van der Waals surface area contributed by atoms with Crippen molar-refractivity contribution in [3.8, 4) is 11.1 Å². The highest BCUT2D eigenvalue weighted by Gasteiger charge is 2.26. The van der Waals surface area contributed by atoms with Gasteiger partial charge in [-0.15, -0.1) is 0 Å². The summed E-state index contributed by atoms with van der Waals surface area (Å²) in [4.78, 5) is 10.4. The van der Waals surface area contributed by atoms with Gasteiger partial charge in [-0.3, -0.25) is 10.1 Å². The number of halogens is 3. The topological polar surface area (TPSA) is 43.1 Å². The molecule has 0 saturated carbocycles. The van der Waals surface area contributed by atoms with E-state index in [4.69, 9.17) is 34.8 Å². The van der Waals surface area contributed by atoms with Gasteiger partial charge in [0.15, 0.2) is 0 Å². The van der Waals surface area contributed by atoms with Crippen molar-refractivity contribution >= 4 is 52.1 Å². The summed E-state index contributed by atoms with van der Waals surface area (Å²) in [7, 11) is 0. The molecule has 6 heteroatoms. The molecule has 0 spiro atoms. The summed E-state index contributed by atoms with van der Waals surface area (Å²) in [6, 6.07) is 15.6. The van der Waals surface area contributed by atoms with Gasteiger partial charge in [0.2, 0.25) is 0 Å². The Morgan fingerprint density at radius 1 is 0.808 bits per heavy atom. The molecule has 26 heavy (non-hydrogen) atoms. The van der Waals surface area contributed by atoms with Crippen LogP contribution in [0.5, 0.6) is 0 Å². The molecule has 128 valence electrons. The van der Waals surface area contributed by atoms with Crippen molar-refractivity contribution in [1.29, 1.82) is 0 Å². The number of nitro benzene ring substituents is 1. The highest BCUT2D eigenvalue weighted by molar-refractivity contribution is 6.38. The van der Waals surface area contributed by atoms with Gasteiger partial charge in [0, 0.05) is 27.7 Å². The van der Waals surface area contributed by atoms with Crippen LogP contribution in [0, 0.1) is 10.1 Å². The summed E-state index contributed by atoms with van der Waals surface area (Å²) < 4.78 is 0. The fourth-order valence-electron chi connectivity index (χ4n) is 3.18. The summed E-state index contributed by atoms with van der Waals surface area (Å²) in [5, 5.41) is 12.6. The van der Waals surface area contributed by atoms with Crippen LogP contribution in [0.4, 0.5) is 5.69 Å². The normalized spacial score (nSPS) is 13.6. The summed E-state index contributed by atoms with van der Waals surface area (Å²) >= 11 is 18.9. The Kier molecular flexibility index (Phi) is 4.23. The Bertz CT molecular complexity index is 1090. The first-order chi connectivity index (χ1) is 12.4. The second-order valence-electron chi connectivity index (χ2n) is 5.91. The Morgan fingerprint density at radius 2 is 1.50 bits per heavy atom. The van der Waals surface area contributed by atoms with Gasteiger partial charge < -0.3 is 0 Å². The zero-order valence-corrected chi connectivity index (χ0v) is 15.4. The lowest BCUT2D eigenvalue weighted by Crippen LogP contribution is -1.87. The van der Waals surface area contributed by atoms with E-state index in [0.29, 0.717) is 15.1 Å². The zero-order valence-electron chi connectivity index (χ0n) is 13.2. The molecule has 1 aliphatic carbocycles. The van der Waals surface area contributed by atoms with E-state index in [1.807, 2.05) is 30.3 Å². The van der Waals surface area contributed by atoms with E-state index < -0.39 is 4.92 Å². The highest BCUT2D eigenvalue weighted by atomic mass is 35.5. The minimum atomic E-state index is -0.420. The smallest absolute Gasteiger partial charge is 0.258 e. The standard InChI is InChI=1S/C20H10Cl3NO2/c21-12-3-6-15-17(8-12)16(18-9-13(22)10-19(23)20(15)18)7-11-1-4-14(5-2-11)24(25)26/h1-10H. The second-order valence-corrected chi connectivity index (χ2v) is 7.19. The molecule has 0 N–H and O–H groups in total. The number of benzene rings is 3. The molecule has 0 amide bonds. The molecule has 0 aromatic heterocycles. The van der Waals surface area contributed by atoms with Gasteiger partial charge in [0.05, 0.1) is 9.95 Å². The summed E-state index contributed by atoms with van der Waals surface area (Å²) in [5.74, 6) is 0. The monoisotopic (exact) mass is 401 g/mol. The fourth-order valence-corrected chi connectivity index (χ4v) is 3.94. The molecule has 1 aliphatic rings. The highest BCUT2D eigenvalue weighted by Crippen LogP contribution is 2.49. The summed E-state index contributed by atoms with van der Waals surface area (Å²) in [6.45, 7) is 0. The van der Waals surface area contributed by atoms with Crippen LogP contribution in [0.3, 0.4) is 0 Å². The SMILES string of the molecule is O=[N+]([O-])c1ccc(C=C2c3cc(Cl)ccc3-c3c(Cl)cc(Cl)cc32)cc1. The maximum absolute atomic E-state index is 10.8. The largest absolute Gasteiger partial charge is 0.269 e. The first-order valence-electron chi connectivity index (χ1n) is 7.70. The molecule has 3 aromatic carbocycles. The molecule has 0 heterocycles. The first kappa shape index (κ1) is 17.1. The van der Waals surface area contributed by atoms with Crippen molar-refractivity contribution in [2.24, 2.45) is 0 Å². The molecule has 0 atom stereocenters. The van der Waals surface area contributed by atoms with Crippen molar-refractivity contribution in [1.82, 2.24) is 0 Å². The van der Waals surface area contributed by atoms with Gasteiger partial charge in [-0.25, -0.2) is 0 Å². The molecular weight excluding hydrogens is 393 g/mol. The lowest BCUT2D eigenvalue weighted by Gasteiger charge is -2.05. The van der Waals surface area contributed by atoms with E-state index >= 15 is 0 Å². The van der Waals surface area contributed by atoms with Crippen LogP contribution in [0.15, 0.2) is 54.6 Å². The van der Waals surface area contributed by atoms with Crippen LogP contribution < -0.4 is 0 Å². The minimum absolute atomic E-state index is 0.0495. The maximum Gasteiger partial charge on any atom is 0.269 e. The zero-order chi connectivity index (χ0) is 18.4. The lowest BCUT2D eigenvalue weighted by molar-refractivity contribution is -0.384. The number of nitrogens with zero attached hydrogens (tertiary/aromatic N) is 1.